The quantitative estimate of drug-likeness (QED) is 0.442. The van der Waals surface area contributed by atoms with Crippen LogP contribution in [0.5, 0.6) is 0 Å². The minimum Gasteiger partial charge on any atom is -0.450 e. The number of carbonyl (C=O) groups is 1. The number of ether oxygens (including phenoxy) is 1. The largest absolute Gasteiger partial charge is 0.450 e. The molecule has 0 saturated heterocycles. The third kappa shape index (κ3) is 3.35. The summed E-state index contributed by atoms with van der Waals surface area (Å²) in [6.07, 6.45) is -0.0674. The highest BCUT2D eigenvalue weighted by Gasteiger charge is 2.48. The second-order valence-electron chi connectivity index (χ2n) is 6.10. The van der Waals surface area contributed by atoms with Crippen molar-refractivity contribution in [1.82, 2.24) is 4.68 Å². The average Bonchev–Trinajstić information content (AvgIpc) is 3.01. The van der Waals surface area contributed by atoms with Crippen LogP contribution in [0.1, 0.15) is 41.7 Å². The Kier molecular flexibility index (Phi) is 5.34. The number of esters is 1. The number of halogens is 1. The van der Waals surface area contributed by atoms with Crippen LogP contribution in [0.15, 0.2) is 47.6 Å². The summed E-state index contributed by atoms with van der Waals surface area (Å²) in [5.41, 5.74) is 2.55. The third-order valence-electron chi connectivity index (χ3n) is 4.45. The molecule has 6 nitrogen and oxygen atoms in total. The summed E-state index contributed by atoms with van der Waals surface area (Å²) in [6.45, 7) is 3.74. The number of rotatable bonds is 5. The van der Waals surface area contributed by atoms with E-state index in [0.717, 1.165) is 12.1 Å². The van der Waals surface area contributed by atoms with Gasteiger partial charge in [0.05, 0.1) is 22.7 Å². The van der Waals surface area contributed by atoms with E-state index in [4.69, 9.17) is 4.74 Å². The van der Waals surface area contributed by atoms with Gasteiger partial charge in [0.25, 0.3) is 0 Å². The summed E-state index contributed by atoms with van der Waals surface area (Å²) in [5, 5.41) is 4.54. The van der Waals surface area contributed by atoms with E-state index in [-0.39, 0.29) is 5.75 Å². The molecule has 0 saturated carbocycles. The lowest BCUT2D eigenvalue weighted by Crippen LogP contribution is -2.47. The molecule has 8 heteroatoms. The van der Waals surface area contributed by atoms with E-state index in [9.17, 15) is 13.2 Å². The number of carbonyl (C=O) groups excluding carboxylic acids is 1. The maximum Gasteiger partial charge on any atom is 0.338 e. The van der Waals surface area contributed by atoms with Gasteiger partial charge < -0.3 is 4.74 Å². The van der Waals surface area contributed by atoms with Crippen molar-refractivity contribution in [2.75, 3.05) is 5.75 Å². The third-order valence-corrected chi connectivity index (χ3v) is 6.91. The molecule has 1 aromatic carbocycles. The number of thiol groups is 1. The zero-order valence-electron chi connectivity index (χ0n) is 14.4. The molecule has 2 atom stereocenters. The number of benzene rings is 1. The molecule has 1 aliphatic heterocycles. The predicted octanol–water partition coefficient (Wildman–Crippen LogP) is 2.93. The molecule has 0 radical (unpaired) electrons. The summed E-state index contributed by atoms with van der Waals surface area (Å²) < 4.78 is 29.4. The first kappa shape index (κ1) is 18.8. The van der Waals surface area contributed by atoms with Crippen LogP contribution in [-0.2, 0) is 21.9 Å². The van der Waals surface area contributed by atoms with Gasteiger partial charge in [0, 0.05) is 5.69 Å². The smallest absolute Gasteiger partial charge is 0.338 e. The highest BCUT2D eigenvalue weighted by atomic mass is 79.9. The van der Waals surface area contributed by atoms with E-state index in [1.807, 2.05) is 25.1 Å². The minimum absolute atomic E-state index is 0.225. The molecule has 26 heavy (non-hydrogen) atoms. The number of hydrogen-bond acceptors (Lipinski definition) is 5. The number of alkyl halides is 1. The fraction of sp³-hybridized carbons (Fsp3) is 0.333. The average molecular weight is 439 g/mol. The molecular weight excluding hydrogens is 420 g/mol. The van der Waals surface area contributed by atoms with Crippen molar-refractivity contribution in [2.45, 2.75) is 30.7 Å². The summed E-state index contributed by atoms with van der Waals surface area (Å²) in [7, 11) is -2.72. The Morgan fingerprint density at radius 3 is 2.58 bits per heavy atom. The van der Waals surface area contributed by atoms with Crippen LogP contribution in [0.4, 0.5) is 0 Å². The highest BCUT2D eigenvalue weighted by Crippen LogP contribution is 2.43. The van der Waals surface area contributed by atoms with Gasteiger partial charge >= 0.3 is 5.97 Å². The molecule has 0 fully saturated rings. The van der Waals surface area contributed by atoms with Gasteiger partial charge in [0.2, 0.25) is 0 Å². The molecule has 3 rings (SSSR count). The Balaban J connectivity index is 2.06. The molecule has 138 valence electrons. The molecule has 1 aromatic heterocycles. The fourth-order valence-corrected chi connectivity index (χ4v) is 4.81. The van der Waals surface area contributed by atoms with Gasteiger partial charge in [-0.25, -0.2) is 17.9 Å². The van der Waals surface area contributed by atoms with Gasteiger partial charge in [-0.15, -0.1) is 0 Å². The summed E-state index contributed by atoms with van der Waals surface area (Å²) in [4.78, 5) is 12.6. The lowest BCUT2D eigenvalue weighted by molar-refractivity contribution is 0.0242. The molecular formula is C18H19BrN2O4S. The van der Waals surface area contributed by atoms with Crippen molar-refractivity contribution in [3.63, 3.8) is 0 Å². The van der Waals surface area contributed by atoms with E-state index in [2.05, 4.69) is 21.0 Å². The SMILES string of the molecule is CCc1ccc2n1N=C(C)C(Br)(C[SH](=O)=O)C2OC(=O)c1ccccc1. The molecule has 2 heterocycles. The van der Waals surface area contributed by atoms with Crippen LogP contribution in [0, 0.1) is 0 Å². The predicted molar refractivity (Wildman–Crippen MR) is 104 cm³/mol. The van der Waals surface area contributed by atoms with E-state index in [1.165, 1.54) is 0 Å². The normalized spacial score (nSPS) is 22.0. The Morgan fingerprint density at radius 2 is 1.96 bits per heavy atom. The second kappa shape index (κ2) is 7.36. The minimum atomic E-state index is -2.72. The Bertz CT molecular complexity index is 928. The van der Waals surface area contributed by atoms with Gasteiger partial charge in [-0.1, -0.05) is 41.1 Å². The Labute approximate surface area is 161 Å². The van der Waals surface area contributed by atoms with E-state index in [1.54, 1.807) is 35.9 Å². The number of nitrogens with zero attached hydrogens (tertiary/aromatic N) is 2. The molecule has 0 aliphatic carbocycles. The van der Waals surface area contributed by atoms with Crippen LogP contribution < -0.4 is 0 Å². The number of aryl methyl sites for hydroxylation is 1. The van der Waals surface area contributed by atoms with Crippen molar-refractivity contribution in [3.8, 4) is 0 Å². The van der Waals surface area contributed by atoms with Crippen molar-refractivity contribution >= 4 is 38.3 Å². The molecule has 2 unspecified atom stereocenters. The van der Waals surface area contributed by atoms with Crippen LogP contribution in [0.25, 0.3) is 0 Å². The molecule has 0 N–H and O–H groups in total. The zero-order chi connectivity index (χ0) is 18.9. The zero-order valence-corrected chi connectivity index (χ0v) is 16.9. The number of hydrogen-bond donors (Lipinski definition) is 1. The summed E-state index contributed by atoms with van der Waals surface area (Å²) >= 11 is 3.53. The molecule has 1 aliphatic rings. The van der Waals surface area contributed by atoms with Crippen molar-refractivity contribution in [1.29, 1.82) is 0 Å². The molecule has 2 aromatic rings. The molecule has 0 amide bonds. The Hall–Kier alpha value is -1.93. The first-order valence-electron chi connectivity index (χ1n) is 8.20. The van der Waals surface area contributed by atoms with Crippen molar-refractivity contribution < 1.29 is 17.9 Å². The monoisotopic (exact) mass is 438 g/mol. The standard InChI is InChI=1S/C18H19BrN2O4S/c1-3-14-9-10-15-16(25-17(22)13-7-5-4-6-8-13)18(19,11-26(23)24)12(2)20-21(14)15/h4-10,16,26H,3,11H2,1-2H3. The van der Waals surface area contributed by atoms with E-state index < -0.39 is 27.1 Å². The number of aromatic nitrogens is 1. The van der Waals surface area contributed by atoms with Crippen LogP contribution in [0.3, 0.4) is 0 Å². The van der Waals surface area contributed by atoms with Gasteiger partial charge in [-0.2, -0.15) is 5.10 Å². The first-order chi connectivity index (χ1) is 12.4. The Morgan fingerprint density at radius 1 is 1.27 bits per heavy atom. The topological polar surface area (TPSA) is 77.7 Å². The van der Waals surface area contributed by atoms with Crippen molar-refractivity contribution in [2.24, 2.45) is 5.10 Å². The number of fused-ring (bicyclic) bond motifs is 1. The fourth-order valence-electron chi connectivity index (χ4n) is 3.02. The summed E-state index contributed by atoms with van der Waals surface area (Å²) in [5.74, 6) is -0.738. The summed E-state index contributed by atoms with van der Waals surface area (Å²) in [6, 6.07) is 12.4. The lowest BCUT2D eigenvalue weighted by atomic mass is 9.95. The molecule has 0 spiro atoms. The van der Waals surface area contributed by atoms with Gasteiger partial charge in [0.1, 0.15) is 15.0 Å². The highest BCUT2D eigenvalue weighted by molar-refractivity contribution is 9.10. The van der Waals surface area contributed by atoms with E-state index >= 15 is 0 Å². The van der Waals surface area contributed by atoms with Gasteiger partial charge in [-0.3, -0.25) is 0 Å². The van der Waals surface area contributed by atoms with Crippen LogP contribution in [0.2, 0.25) is 0 Å². The maximum atomic E-state index is 12.6. The lowest BCUT2D eigenvalue weighted by Gasteiger charge is -2.37. The maximum absolute atomic E-state index is 12.6. The first-order valence-corrected chi connectivity index (χ1v) is 10.4. The molecule has 0 bridgehead atoms. The van der Waals surface area contributed by atoms with E-state index in [0.29, 0.717) is 17.0 Å². The van der Waals surface area contributed by atoms with Crippen LogP contribution >= 0.6 is 15.9 Å². The van der Waals surface area contributed by atoms with Crippen LogP contribution in [-0.4, -0.2) is 34.9 Å². The second-order valence-corrected chi connectivity index (χ2v) is 8.50. The van der Waals surface area contributed by atoms with Gasteiger partial charge in [0.15, 0.2) is 6.10 Å². The van der Waals surface area contributed by atoms with Crippen molar-refractivity contribution in [3.05, 3.63) is 59.4 Å². The van der Waals surface area contributed by atoms with Gasteiger partial charge in [-0.05, 0) is 37.6 Å².